The molecule has 138 valence electrons. The second-order valence-corrected chi connectivity index (χ2v) is 6.80. The number of hydrogen-bond acceptors (Lipinski definition) is 6. The average molecular weight is 350 g/mol. The molecule has 0 spiro atoms. The Labute approximate surface area is 147 Å². The first-order valence-corrected chi connectivity index (χ1v) is 9.05. The van der Waals surface area contributed by atoms with E-state index in [1.807, 2.05) is 4.90 Å². The number of rotatable bonds is 7. The third kappa shape index (κ3) is 4.56. The van der Waals surface area contributed by atoms with Gasteiger partial charge in [0.25, 0.3) is 0 Å². The molecule has 25 heavy (non-hydrogen) atoms. The van der Waals surface area contributed by atoms with Crippen molar-refractivity contribution in [3.05, 3.63) is 11.7 Å². The van der Waals surface area contributed by atoms with E-state index in [-0.39, 0.29) is 17.7 Å². The van der Waals surface area contributed by atoms with Gasteiger partial charge in [-0.3, -0.25) is 9.59 Å². The first-order chi connectivity index (χ1) is 12.2. The van der Waals surface area contributed by atoms with Crippen molar-refractivity contribution >= 4 is 11.8 Å². The largest absolute Gasteiger partial charge is 0.377 e. The van der Waals surface area contributed by atoms with Gasteiger partial charge in [0.05, 0.1) is 5.92 Å². The minimum absolute atomic E-state index is 0.00660. The monoisotopic (exact) mass is 350 g/mol. The normalized spacial score (nSPS) is 21.7. The molecular weight excluding hydrogens is 324 g/mol. The maximum atomic E-state index is 12.4. The highest BCUT2D eigenvalue weighted by atomic mass is 16.5. The fraction of sp³-hybridized carbons (Fsp3) is 0.765. The molecule has 1 aromatic heterocycles. The van der Waals surface area contributed by atoms with Crippen molar-refractivity contribution in [2.24, 2.45) is 5.92 Å². The maximum Gasteiger partial charge on any atom is 0.228 e. The number of likely N-dealkylation sites (tertiary alicyclic amines) is 1. The van der Waals surface area contributed by atoms with Crippen LogP contribution in [0.5, 0.6) is 0 Å². The van der Waals surface area contributed by atoms with Crippen molar-refractivity contribution in [3.63, 3.8) is 0 Å². The molecule has 2 aliphatic rings. The Morgan fingerprint density at radius 1 is 1.36 bits per heavy atom. The van der Waals surface area contributed by atoms with Gasteiger partial charge in [0.15, 0.2) is 5.82 Å². The molecule has 1 atom stereocenters. The Balaban J connectivity index is 1.44. The first kappa shape index (κ1) is 17.8. The molecular formula is C17H26N4O4. The molecule has 2 heterocycles. The third-order valence-corrected chi connectivity index (χ3v) is 5.00. The average Bonchev–Trinajstić information content (AvgIpc) is 3.28. The van der Waals surface area contributed by atoms with E-state index in [1.165, 1.54) is 12.8 Å². The van der Waals surface area contributed by atoms with Crippen LogP contribution in [-0.4, -0.2) is 53.1 Å². The number of carbonyl (C=O) groups excluding carboxylic acids is 2. The van der Waals surface area contributed by atoms with E-state index >= 15 is 0 Å². The van der Waals surface area contributed by atoms with Gasteiger partial charge in [-0.15, -0.1) is 0 Å². The van der Waals surface area contributed by atoms with Crippen molar-refractivity contribution in [2.75, 3.05) is 20.2 Å². The van der Waals surface area contributed by atoms with Crippen LogP contribution in [0.25, 0.3) is 0 Å². The summed E-state index contributed by atoms with van der Waals surface area (Å²) in [5.41, 5.74) is 0. The Morgan fingerprint density at radius 2 is 2.16 bits per heavy atom. The highest BCUT2D eigenvalue weighted by molar-refractivity contribution is 5.84. The highest BCUT2D eigenvalue weighted by Crippen LogP contribution is 2.28. The molecule has 1 unspecified atom stereocenters. The van der Waals surface area contributed by atoms with Gasteiger partial charge >= 0.3 is 0 Å². The molecule has 1 saturated carbocycles. The molecule has 8 heteroatoms. The summed E-state index contributed by atoms with van der Waals surface area (Å²) in [7, 11) is 1.57. The minimum Gasteiger partial charge on any atom is -0.377 e. The summed E-state index contributed by atoms with van der Waals surface area (Å²) >= 11 is 0. The van der Waals surface area contributed by atoms with Gasteiger partial charge in [-0.25, -0.2) is 0 Å². The number of ether oxygens (including phenoxy) is 1. The van der Waals surface area contributed by atoms with Gasteiger partial charge in [0.1, 0.15) is 6.61 Å². The lowest BCUT2D eigenvalue weighted by atomic mass is 9.95. The predicted molar refractivity (Wildman–Crippen MR) is 88.4 cm³/mol. The zero-order chi connectivity index (χ0) is 17.6. The molecule has 2 amide bonds. The quantitative estimate of drug-likeness (QED) is 0.789. The molecule has 2 fully saturated rings. The van der Waals surface area contributed by atoms with Crippen LogP contribution >= 0.6 is 0 Å². The molecule has 8 nitrogen and oxygen atoms in total. The number of hydrogen-bond donors (Lipinski definition) is 1. The van der Waals surface area contributed by atoms with E-state index < -0.39 is 0 Å². The Kier molecular flexibility index (Phi) is 6.01. The van der Waals surface area contributed by atoms with E-state index in [0.29, 0.717) is 56.7 Å². The summed E-state index contributed by atoms with van der Waals surface area (Å²) in [6.45, 7) is 1.30. The summed E-state index contributed by atoms with van der Waals surface area (Å²) in [4.78, 5) is 30.7. The number of amides is 2. The lowest BCUT2D eigenvalue weighted by molar-refractivity contribution is -0.140. The van der Waals surface area contributed by atoms with Crippen molar-refractivity contribution in [3.8, 4) is 0 Å². The second-order valence-electron chi connectivity index (χ2n) is 6.80. The lowest BCUT2D eigenvalue weighted by Crippen LogP contribution is -2.49. The summed E-state index contributed by atoms with van der Waals surface area (Å²) < 4.78 is 10.0. The Morgan fingerprint density at radius 3 is 2.92 bits per heavy atom. The van der Waals surface area contributed by atoms with Gasteiger partial charge < -0.3 is 19.5 Å². The van der Waals surface area contributed by atoms with E-state index in [2.05, 4.69) is 15.5 Å². The molecule has 1 saturated heterocycles. The summed E-state index contributed by atoms with van der Waals surface area (Å²) in [5, 5.41) is 6.72. The molecule has 1 N–H and O–H groups in total. The summed E-state index contributed by atoms with van der Waals surface area (Å²) in [6.07, 6.45) is 6.09. The highest BCUT2D eigenvalue weighted by Gasteiger charge is 2.35. The summed E-state index contributed by atoms with van der Waals surface area (Å²) in [6, 6.07) is 0.334. The molecule has 1 aromatic rings. The predicted octanol–water partition coefficient (Wildman–Crippen LogP) is 1.06. The lowest BCUT2D eigenvalue weighted by Gasteiger charge is -2.36. The van der Waals surface area contributed by atoms with Gasteiger partial charge in [-0.2, -0.15) is 4.98 Å². The van der Waals surface area contributed by atoms with Crippen LogP contribution in [0, 0.1) is 5.92 Å². The number of methoxy groups -OCH3 is 1. The second kappa shape index (κ2) is 8.42. The van der Waals surface area contributed by atoms with Crippen LogP contribution in [0.15, 0.2) is 4.52 Å². The zero-order valence-corrected chi connectivity index (χ0v) is 14.7. The zero-order valence-electron chi connectivity index (χ0n) is 14.7. The maximum absolute atomic E-state index is 12.4. The Hall–Kier alpha value is -1.96. The SMILES string of the molecule is COCc1noc(CCNC(=O)C2CCC(=O)N(C3CCCC3)C2)n1. The van der Waals surface area contributed by atoms with E-state index in [4.69, 9.17) is 9.26 Å². The number of aromatic nitrogens is 2. The summed E-state index contributed by atoms with van der Waals surface area (Å²) in [5.74, 6) is 1.07. The fourth-order valence-corrected chi connectivity index (χ4v) is 3.67. The van der Waals surface area contributed by atoms with Crippen molar-refractivity contribution < 1.29 is 18.8 Å². The van der Waals surface area contributed by atoms with Crippen LogP contribution in [0.3, 0.4) is 0 Å². The fourth-order valence-electron chi connectivity index (χ4n) is 3.67. The van der Waals surface area contributed by atoms with Crippen LogP contribution in [-0.2, 0) is 27.4 Å². The Bertz CT molecular complexity index is 597. The van der Waals surface area contributed by atoms with Crippen LogP contribution in [0.4, 0.5) is 0 Å². The van der Waals surface area contributed by atoms with E-state index in [0.717, 1.165) is 12.8 Å². The third-order valence-electron chi connectivity index (χ3n) is 5.00. The molecule has 0 bridgehead atoms. The van der Waals surface area contributed by atoms with Crippen molar-refractivity contribution in [2.45, 2.75) is 57.6 Å². The number of nitrogens with zero attached hydrogens (tertiary/aromatic N) is 3. The van der Waals surface area contributed by atoms with Crippen LogP contribution in [0.1, 0.15) is 50.2 Å². The van der Waals surface area contributed by atoms with Crippen LogP contribution in [0.2, 0.25) is 0 Å². The molecule has 1 aliphatic heterocycles. The standard InChI is InChI=1S/C17H26N4O4/c1-24-11-14-19-15(25-20-14)8-9-18-17(23)12-6-7-16(22)21(10-12)13-4-2-3-5-13/h12-13H,2-11H2,1H3,(H,18,23). The molecule has 3 rings (SSSR count). The molecule has 0 aromatic carbocycles. The van der Waals surface area contributed by atoms with E-state index in [1.54, 1.807) is 7.11 Å². The smallest absolute Gasteiger partial charge is 0.228 e. The van der Waals surface area contributed by atoms with Crippen molar-refractivity contribution in [1.29, 1.82) is 0 Å². The van der Waals surface area contributed by atoms with Gasteiger partial charge in [0, 0.05) is 39.1 Å². The topological polar surface area (TPSA) is 97.6 Å². The minimum atomic E-state index is -0.120. The van der Waals surface area contributed by atoms with Gasteiger partial charge in [-0.05, 0) is 19.3 Å². The molecule has 0 radical (unpaired) electrons. The van der Waals surface area contributed by atoms with E-state index in [9.17, 15) is 9.59 Å². The first-order valence-electron chi connectivity index (χ1n) is 9.05. The number of nitrogens with one attached hydrogen (secondary N) is 1. The molecule has 1 aliphatic carbocycles. The number of piperidine rings is 1. The van der Waals surface area contributed by atoms with Gasteiger partial charge in [-0.1, -0.05) is 18.0 Å². The van der Waals surface area contributed by atoms with Crippen LogP contribution < -0.4 is 5.32 Å². The van der Waals surface area contributed by atoms with Crippen molar-refractivity contribution in [1.82, 2.24) is 20.4 Å². The number of carbonyl (C=O) groups is 2. The van der Waals surface area contributed by atoms with Gasteiger partial charge in [0.2, 0.25) is 17.7 Å².